The molecule has 1 aromatic carbocycles. The average Bonchev–Trinajstić information content (AvgIpc) is 2.40. The smallest absolute Gasteiger partial charge is 0.242 e. The van der Waals surface area contributed by atoms with Crippen LogP contribution in [-0.2, 0) is 11.3 Å². The van der Waals surface area contributed by atoms with E-state index in [2.05, 4.69) is 10.6 Å². The Bertz CT molecular complexity index is 464. The number of carbonyl (C=O) groups excluding carboxylic acids is 1. The molecule has 1 aliphatic rings. The lowest BCUT2D eigenvalue weighted by Gasteiger charge is -2.34. The molecular weight excluding hydrogens is 245 g/mol. The van der Waals surface area contributed by atoms with Crippen molar-refractivity contribution in [2.75, 3.05) is 24.5 Å². The van der Waals surface area contributed by atoms with Crippen molar-refractivity contribution in [1.82, 2.24) is 10.6 Å². The number of hydrogen-bond acceptors (Lipinski definition) is 3. The Balaban J connectivity index is 2.18. The maximum Gasteiger partial charge on any atom is 0.242 e. The number of rotatable bonds is 4. The van der Waals surface area contributed by atoms with Crippen LogP contribution in [0.3, 0.4) is 0 Å². The van der Waals surface area contributed by atoms with E-state index in [4.69, 9.17) is 0 Å². The number of carbonyl (C=O) groups is 1. The molecule has 0 radical (unpaired) electrons. The zero-order chi connectivity index (χ0) is 13.8. The van der Waals surface area contributed by atoms with Gasteiger partial charge in [0.15, 0.2) is 0 Å². The fourth-order valence-electron chi connectivity index (χ4n) is 2.27. The Morgan fingerprint density at radius 3 is 3.00 bits per heavy atom. The molecule has 104 valence electrons. The zero-order valence-electron chi connectivity index (χ0n) is 11.4. The maximum absolute atomic E-state index is 14.2. The lowest BCUT2D eigenvalue weighted by Crippen LogP contribution is -2.54. The second-order valence-electron chi connectivity index (χ2n) is 4.73. The van der Waals surface area contributed by atoms with Crippen molar-refractivity contribution in [3.8, 4) is 0 Å². The zero-order valence-corrected chi connectivity index (χ0v) is 11.4. The van der Waals surface area contributed by atoms with Gasteiger partial charge in [-0.25, -0.2) is 4.39 Å². The van der Waals surface area contributed by atoms with Crippen molar-refractivity contribution in [3.63, 3.8) is 0 Å². The van der Waals surface area contributed by atoms with Crippen LogP contribution < -0.4 is 15.5 Å². The summed E-state index contributed by atoms with van der Waals surface area (Å²) < 4.78 is 14.2. The Morgan fingerprint density at radius 2 is 2.32 bits per heavy atom. The van der Waals surface area contributed by atoms with Gasteiger partial charge in [0.2, 0.25) is 5.91 Å². The number of amides is 1. The molecule has 0 aliphatic carbocycles. The minimum Gasteiger partial charge on any atom is -0.356 e. The van der Waals surface area contributed by atoms with E-state index < -0.39 is 0 Å². The highest BCUT2D eigenvalue weighted by Crippen LogP contribution is 2.23. The van der Waals surface area contributed by atoms with Crippen molar-refractivity contribution in [2.45, 2.75) is 26.4 Å². The minimum atomic E-state index is -0.331. The SMILES string of the molecule is CCNCc1ccc(N2CCNC(=O)C2C)c(F)c1. The molecular formula is C14H20FN3O. The first-order chi connectivity index (χ1) is 9.13. The number of nitrogens with zero attached hydrogens (tertiary/aromatic N) is 1. The predicted octanol–water partition coefficient (Wildman–Crippen LogP) is 1.26. The van der Waals surface area contributed by atoms with Gasteiger partial charge < -0.3 is 15.5 Å². The van der Waals surface area contributed by atoms with E-state index in [1.54, 1.807) is 13.0 Å². The van der Waals surface area contributed by atoms with Crippen LogP contribution >= 0.6 is 0 Å². The molecule has 1 heterocycles. The Kier molecular flexibility index (Phi) is 4.37. The summed E-state index contributed by atoms with van der Waals surface area (Å²) in [5.41, 5.74) is 1.42. The maximum atomic E-state index is 14.2. The molecule has 2 rings (SSSR count). The summed E-state index contributed by atoms with van der Waals surface area (Å²) in [6, 6.07) is 4.87. The summed E-state index contributed by atoms with van der Waals surface area (Å²) >= 11 is 0. The van der Waals surface area contributed by atoms with E-state index in [0.29, 0.717) is 25.3 Å². The number of hydrogen-bond donors (Lipinski definition) is 2. The van der Waals surface area contributed by atoms with Crippen molar-refractivity contribution < 1.29 is 9.18 Å². The van der Waals surface area contributed by atoms with Crippen LogP contribution in [0, 0.1) is 5.82 Å². The van der Waals surface area contributed by atoms with Crippen molar-refractivity contribution in [2.24, 2.45) is 0 Å². The quantitative estimate of drug-likeness (QED) is 0.861. The monoisotopic (exact) mass is 265 g/mol. The second kappa shape index (κ2) is 6.02. The molecule has 5 heteroatoms. The topological polar surface area (TPSA) is 44.4 Å². The molecule has 1 unspecified atom stereocenters. The first kappa shape index (κ1) is 13.8. The highest BCUT2D eigenvalue weighted by molar-refractivity contribution is 5.86. The third-order valence-corrected chi connectivity index (χ3v) is 3.40. The molecule has 0 spiro atoms. The summed E-state index contributed by atoms with van der Waals surface area (Å²) in [4.78, 5) is 13.4. The Morgan fingerprint density at radius 1 is 1.53 bits per heavy atom. The third-order valence-electron chi connectivity index (χ3n) is 3.40. The molecule has 2 N–H and O–H groups in total. The van der Waals surface area contributed by atoms with Crippen molar-refractivity contribution in [1.29, 1.82) is 0 Å². The van der Waals surface area contributed by atoms with E-state index in [1.807, 2.05) is 17.9 Å². The molecule has 19 heavy (non-hydrogen) atoms. The van der Waals surface area contributed by atoms with Crippen molar-refractivity contribution in [3.05, 3.63) is 29.6 Å². The number of nitrogens with one attached hydrogen (secondary N) is 2. The van der Waals surface area contributed by atoms with Crippen molar-refractivity contribution >= 4 is 11.6 Å². The van der Waals surface area contributed by atoms with Gasteiger partial charge in [-0.15, -0.1) is 0 Å². The number of piperazine rings is 1. The molecule has 1 aromatic rings. The van der Waals surface area contributed by atoms with E-state index in [0.717, 1.165) is 12.1 Å². The van der Waals surface area contributed by atoms with Crippen LogP contribution in [0.2, 0.25) is 0 Å². The average molecular weight is 265 g/mol. The fourth-order valence-corrected chi connectivity index (χ4v) is 2.27. The van der Waals surface area contributed by atoms with Gasteiger partial charge in [-0.3, -0.25) is 4.79 Å². The molecule has 1 amide bonds. The number of halogens is 1. The number of anilines is 1. The van der Waals surface area contributed by atoms with Gasteiger partial charge in [0.25, 0.3) is 0 Å². The molecule has 4 nitrogen and oxygen atoms in total. The van der Waals surface area contributed by atoms with Crippen LogP contribution in [0.1, 0.15) is 19.4 Å². The predicted molar refractivity (Wildman–Crippen MR) is 73.6 cm³/mol. The van der Waals surface area contributed by atoms with Crippen LogP contribution in [0.5, 0.6) is 0 Å². The van der Waals surface area contributed by atoms with Crippen LogP contribution in [0.25, 0.3) is 0 Å². The molecule has 1 saturated heterocycles. The number of benzene rings is 1. The largest absolute Gasteiger partial charge is 0.356 e. The van der Waals surface area contributed by atoms with Gasteiger partial charge in [-0.1, -0.05) is 13.0 Å². The van der Waals surface area contributed by atoms with Gasteiger partial charge >= 0.3 is 0 Å². The highest BCUT2D eigenvalue weighted by Gasteiger charge is 2.27. The van der Waals surface area contributed by atoms with Gasteiger partial charge in [0, 0.05) is 19.6 Å². The highest BCUT2D eigenvalue weighted by atomic mass is 19.1. The standard InChI is InChI=1S/C14H20FN3O/c1-3-16-9-11-4-5-13(12(15)8-11)18-7-6-17-14(19)10(18)2/h4-5,8,10,16H,3,6-7,9H2,1-2H3,(H,17,19). The Labute approximate surface area is 113 Å². The third kappa shape index (κ3) is 3.04. The summed E-state index contributed by atoms with van der Waals surface area (Å²) in [6.07, 6.45) is 0. The first-order valence-electron chi connectivity index (χ1n) is 6.67. The van der Waals surface area contributed by atoms with Gasteiger partial charge in [-0.05, 0) is 31.2 Å². The second-order valence-corrected chi connectivity index (χ2v) is 4.73. The minimum absolute atomic E-state index is 0.0534. The molecule has 1 fully saturated rings. The summed E-state index contributed by atoms with van der Waals surface area (Å²) in [6.45, 7) is 6.51. The molecule has 0 bridgehead atoms. The van der Waals surface area contributed by atoms with Gasteiger partial charge in [-0.2, -0.15) is 0 Å². The summed E-state index contributed by atoms with van der Waals surface area (Å²) in [5.74, 6) is -0.320. The lowest BCUT2D eigenvalue weighted by atomic mass is 10.1. The molecule has 0 saturated carbocycles. The van der Waals surface area contributed by atoms with Crippen LogP contribution in [-0.4, -0.2) is 31.6 Å². The van der Waals surface area contributed by atoms with Gasteiger partial charge in [0.05, 0.1) is 5.69 Å². The Hall–Kier alpha value is -1.62. The summed E-state index contributed by atoms with van der Waals surface area (Å²) in [5, 5.41) is 5.94. The molecule has 1 aliphatic heterocycles. The first-order valence-corrected chi connectivity index (χ1v) is 6.67. The van der Waals surface area contributed by atoms with Crippen LogP contribution in [0.15, 0.2) is 18.2 Å². The van der Waals surface area contributed by atoms with Gasteiger partial charge in [0.1, 0.15) is 11.9 Å². The lowest BCUT2D eigenvalue weighted by molar-refractivity contribution is -0.122. The van der Waals surface area contributed by atoms with E-state index in [-0.39, 0.29) is 17.8 Å². The fraction of sp³-hybridized carbons (Fsp3) is 0.500. The summed E-state index contributed by atoms with van der Waals surface area (Å²) in [7, 11) is 0. The normalized spacial score (nSPS) is 19.4. The van der Waals surface area contributed by atoms with E-state index in [9.17, 15) is 9.18 Å². The van der Waals surface area contributed by atoms with Crippen LogP contribution in [0.4, 0.5) is 10.1 Å². The molecule has 0 aromatic heterocycles. The van der Waals surface area contributed by atoms with E-state index in [1.165, 1.54) is 6.07 Å². The van der Waals surface area contributed by atoms with E-state index >= 15 is 0 Å². The molecule has 1 atom stereocenters.